The molecule has 2 heterocycles. The highest BCUT2D eigenvalue weighted by molar-refractivity contribution is 5.77. The lowest BCUT2D eigenvalue weighted by Gasteiger charge is -2.44. The number of benzene rings is 1. The first-order valence-electron chi connectivity index (χ1n) is 12.1. The molecule has 3 aliphatic rings. The third-order valence-electron chi connectivity index (χ3n) is 7.03. The maximum Gasteiger partial charge on any atom is 0.225 e. The normalized spacial score (nSPS) is 23.2. The van der Waals surface area contributed by atoms with Gasteiger partial charge in [0.25, 0.3) is 0 Å². The van der Waals surface area contributed by atoms with Crippen molar-refractivity contribution in [2.75, 3.05) is 38.3 Å². The van der Waals surface area contributed by atoms with Crippen LogP contribution in [0, 0.1) is 5.92 Å². The van der Waals surface area contributed by atoms with Crippen molar-refractivity contribution in [2.45, 2.75) is 84.0 Å². The summed E-state index contributed by atoms with van der Waals surface area (Å²) in [7, 11) is 1.66. The number of methoxy groups -OCH3 is 1. The van der Waals surface area contributed by atoms with Gasteiger partial charge in [-0.15, -0.1) is 0 Å². The minimum Gasteiger partial charge on any atom is -0.384 e. The Hall–Kier alpha value is -1.59. The number of carbonyl (C=O) groups is 1. The summed E-state index contributed by atoms with van der Waals surface area (Å²) in [5.74, 6) is 1.50. The zero-order valence-electron chi connectivity index (χ0n) is 20.1. The van der Waals surface area contributed by atoms with Crippen molar-refractivity contribution in [2.24, 2.45) is 5.92 Å². The van der Waals surface area contributed by atoms with Crippen LogP contribution in [0.5, 0.6) is 0 Å². The molecule has 5 nitrogen and oxygen atoms in total. The molecule has 172 valence electrons. The highest BCUT2D eigenvalue weighted by Gasteiger charge is 2.35. The van der Waals surface area contributed by atoms with Crippen molar-refractivity contribution in [1.29, 1.82) is 0 Å². The quantitative estimate of drug-likeness (QED) is 0.641. The Morgan fingerprint density at radius 3 is 2.71 bits per heavy atom. The van der Waals surface area contributed by atoms with E-state index in [0.717, 1.165) is 39.1 Å². The van der Waals surface area contributed by atoms with E-state index in [1.165, 1.54) is 35.2 Å². The molecule has 1 saturated heterocycles. The van der Waals surface area contributed by atoms with Gasteiger partial charge >= 0.3 is 0 Å². The first-order valence-corrected chi connectivity index (χ1v) is 12.1. The van der Waals surface area contributed by atoms with Crippen molar-refractivity contribution in [3.05, 3.63) is 28.8 Å². The third kappa shape index (κ3) is 5.25. The number of amides is 1. The molecule has 2 fully saturated rings. The second-order valence-electron chi connectivity index (χ2n) is 10.7. The Morgan fingerprint density at radius 2 is 2.03 bits per heavy atom. The van der Waals surface area contributed by atoms with Gasteiger partial charge in [0.2, 0.25) is 5.91 Å². The van der Waals surface area contributed by atoms with Crippen molar-refractivity contribution < 1.29 is 14.3 Å². The number of piperazine rings is 1. The van der Waals surface area contributed by atoms with Gasteiger partial charge in [0.05, 0.1) is 25.2 Å². The number of fused-ring (bicyclic) bond motifs is 1. The van der Waals surface area contributed by atoms with Crippen LogP contribution in [-0.4, -0.2) is 55.8 Å². The van der Waals surface area contributed by atoms with Crippen LogP contribution in [0.4, 0.5) is 5.69 Å². The molecule has 0 N–H and O–H groups in total. The van der Waals surface area contributed by atoms with Crippen molar-refractivity contribution >= 4 is 11.6 Å². The minimum atomic E-state index is -0.0981. The zero-order chi connectivity index (χ0) is 22.2. The molecule has 1 amide bonds. The lowest BCUT2D eigenvalue weighted by atomic mass is 9.87. The van der Waals surface area contributed by atoms with Crippen molar-refractivity contribution in [3.8, 4) is 0 Å². The van der Waals surface area contributed by atoms with Crippen molar-refractivity contribution in [3.63, 3.8) is 0 Å². The molecule has 2 aliphatic heterocycles. The van der Waals surface area contributed by atoms with E-state index in [4.69, 9.17) is 9.47 Å². The molecule has 31 heavy (non-hydrogen) atoms. The van der Waals surface area contributed by atoms with Crippen LogP contribution in [0.3, 0.4) is 0 Å². The summed E-state index contributed by atoms with van der Waals surface area (Å²) < 4.78 is 11.3. The molecule has 1 aliphatic carbocycles. The Morgan fingerprint density at radius 1 is 1.26 bits per heavy atom. The molecule has 4 rings (SSSR count). The summed E-state index contributed by atoms with van der Waals surface area (Å²) in [6, 6.07) is 5.12. The van der Waals surface area contributed by atoms with Crippen LogP contribution < -0.4 is 4.90 Å². The number of nitrogens with zero attached hydrogens (tertiary/aromatic N) is 2. The summed E-state index contributed by atoms with van der Waals surface area (Å²) in [5, 5.41) is 0. The Kier molecular flexibility index (Phi) is 6.64. The maximum atomic E-state index is 12.8. The van der Waals surface area contributed by atoms with Gasteiger partial charge < -0.3 is 19.3 Å². The van der Waals surface area contributed by atoms with E-state index < -0.39 is 0 Å². The highest BCUT2D eigenvalue weighted by atomic mass is 16.5. The fourth-order valence-corrected chi connectivity index (χ4v) is 5.29. The number of hydrogen-bond acceptors (Lipinski definition) is 4. The summed E-state index contributed by atoms with van der Waals surface area (Å²) >= 11 is 0. The van der Waals surface area contributed by atoms with Gasteiger partial charge in [0.1, 0.15) is 0 Å². The van der Waals surface area contributed by atoms with Gasteiger partial charge in [-0.3, -0.25) is 4.79 Å². The van der Waals surface area contributed by atoms with Gasteiger partial charge in [-0.1, -0.05) is 13.8 Å². The molecule has 1 aromatic carbocycles. The standard InChI is InChI=1S/C26H40N2O3/c1-18(2)12-22-16-27(9-10-28(22)25(29)8-11-30-5)21-13-20-15-26(3,4)31-17-24(20)23(14-21)19-6-7-19/h13-14,18-19,22H,6-12,15-17H2,1-5H3/t22-/m0/s1. The molecule has 0 radical (unpaired) electrons. The zero-order valence-corrected chi connectivity index (χ0v) is 20.1. The van der Waals surface area contributed by atoms with Gasteiger partial charge in [-0.05, 0) is 73.8 Å². The summed E-state index contributed by atoms with van der Waals surface area (Å²) in [4.78, 5) is 17.5. The van der Waals surface area contributed by atoms with Crippen LogP contribution in [0.15, 0.2) is 12.1 Å². The minimum absolute atomic E-state index is 0.0981. The van der Waals surface area contributed by atoms with Gasteiger partial charge in [0, 0.05) is 44.9 Å². The highest BCUT2D eigenvalue weighted by Crippen LogP contribution is 2.46. The second-order valence-corrected chi connectivity index (χ2v) is 10.7. The molecule has 0 bridgehead atoms. The van der Waals surface area contributed by atoms with E-state index in [9.17, 15) is 4.79 Å². The molecule has 1 atom stereocenters. The average Bonchev–Trinajstić information content (AvgIpc) is 3.55. The Balaban J connectivity index is 1.58. The summed E-state index contributed by atoms with van der Waals surface area (Å²) in [6.45, 7) is 12.8. The third-order valence-corrected chi connectivity index (χ3v) is 7.03. The average molecular weight is 429 g/mol. The largest absolute Gasteiger partial charge is 0.384 e. The predicted molar refractivity (Wildman–Crippen MR) is 125 cm³/mol. The summed E-state index contributed by atoms with van der Waals surface area (Å²) in [6.07, 6.45) is 5.09. The lowest BCUT2D eigenvalue weighted by Crippen LogP contribution is -2.56. The Labute approximate surface area is 188 Å². The first-order chi connectivity index (χ1) is 14.8. The van der Waals surface area contributed by atoms with Gasteiger partial charge in [-0.2, -0.15) is 0 Å². The van der Waals surface area contributed by atoms with Crippen molar-refractivity contribution in [1.82, 2.24) is 4.90 Å². The molecule has 0 unspecified atom stereocenters. The van der Waals surface area contributed by atoms with E-state index >= 15 is 0 Å². The number of carbonyl (C=O) groups excluding carboxylic acids is 1. The Bertz CT molecular complexity index is 800. The van der Waals surface area contributed by atoms with E-state index in [2.05, 4.69) is 49.6 Å². The van der Waals surface area contributed by atoms with Gasteiger partial charge in [0.15, 0.2) is 0 Å². The lowest BCUT2D eigenvalue weighted by molar-refractivity contribution is -0.135. The van der Waals surface area contributed by atoms with E-state index in [1.54, 1.807) is 7.11 Å². The number of rotatable bonds is 7. The molecular formula is C26H40N2O3. The molecule has 1 saturated carbocycles. The second kappa shape index (κ2) is 9.11. The molecular weight excluding hydrogens is 388 g/mol. The maximum absolute atomic E-state index is 12.8. The fraction of sp³-hybridized carbons (Fsp3) is 0.731. The van der Waals surface area contributed by atoms with E-state index in [-0.39, 0.29) is 17.6 Å². The van der Waals surface area contributed by atoms with Crippen LogP contribution in [-0.2, 0) is 27.3 Å². The van der Waals surface area contributed by atoms with Crippen LogP contribution in [0.2, 0.25) is 0 Å². The molecule has 0 spiro atoms. The van der Waals surface area contributed by atoms with Crippen LogP contribution in [0.1, 0.15) is 76.0 Å². The topological polar surface area (TPSA) is 42.0 Å². The van der Waals surface area contributed by atoms with E-state index in [0.29, 0.717) is 24.9 Å². The smallest absolute Gasteiger partial charge is 0.225 e. The number of hydrogen-bond donors (Lipinski definition) is 0. The number of ether oxygens (including phenoxy) is 2. The molecule has 0 aromatic heterocycles. The number of anilines is 1. The SMILES string of the molecule is COCCC(=O)N1CCN(c2cc3c(c(C4CC4)c2)COC(C)(C)C3)C[C@@H]1CC(C)C. The first kappa shape index (κ1) is 22.6. The summed E-state index contributed by atoms with van der Waals surface area (Å²) in [5.41, 5.74) is 5.67. The molecule has 1 aromatic rings. The monoisotopic (exact) mass is 428 g/mol. The fourth-order valence-electron chi connectivity index (χ4n) is 5.29. The predicted octanol–water partition coefficient (Wildman–Crippen LogP) is 4.52. The van der Waals surface area contributed by atoms with E-state index in [1.807, 2.05) is 0 Å². The van der Waals surface area contributed by atoms with Crippen LogP contribution in [0.25, 0.3) is 0 Å². The van der Waals surface area contributed by atoms with Crippen LogP contribution >= 0.6 is 0 Å². The van der Waals surface area contributed by atoms with Gasteiger partial charge in [-0.25, -0.2) is 0 Å². The molecule has 5 heteroatoms.